The Morgan fingerprint density at radius 3 is 2.61 bits per heavy atom. The molecule has 1 fully saturated rings. The van der Waals surface area contributed by atoms with E-state index in [4.69, 9.17) is 0 Å². The Bertz CT molecular complexity index is 863. The lowest BCUT2D eigenvalue weighted by Crippen LogP contribution is -2.35. The molecule has 6 heteroatoms. The summed E-state index contributed by atoms with van der Waals surface area (Å²) in [6.45, 7) is 5.47. The number of carbonyl (C=O) groups excluding carboxylic acids is 2. The van der Waals surface area contributed by atoms with Crippen LogP contribution in [0.15, 0.2) is 42.5 Å². The molecule has 0 aromatic heterocycles. The van der Waals surface area contributed by atoms with Gasteiger partial charge in [-0.2, -0.15) is 0 Å². The van der Waals surface area contributed by atoms with Crippen molar-refractivity contribution in [3.05, 3.63) is 59.4 Å². The van der Waals surface area contributed by atoms with E-state index in [1.54, 1.807) is 13.8 Å². The lowest BCUT2D eigenvalue weighted by atomic mass is 10.1. The molecular weight excluding hydrogens is 357 g/mol. The van der Waals surface area contributed by atoms with Gasteiger partial charge in [0.15, 0.2) is 0 Å². The predicted octanol–water partition coefficient (Wildman–Crippen LogP) is 3.88. The second kappa shape index (κ2) is 8.87. The Kier molecular flexibility index (Phi) is 6.29. The van der Waals surface area contributed by atoms with Gasteiger partial charge in [0, 0.05) is 42.5 Å². The van der Waals surface area contributed by atoms with Gasteiger partial charge in [-0.1, -0.05) is 6.07 Å². The minimum absolute atomic E-state index is 0.153. The van der Waals surface area contributed by atoms with Crippen molar-refractivity contribution in [1.82, 2.24) is 5.32 Å². The summed E-state index contributed by atoms with van der Waals surface area (Å²) in [5.41, 5.74) is 2.66. The maximum Gasteiger partial charge on any atom is 0.251 e. The second-order valence-electron chi connectivity index (χ2n) is 7.34. The highest BCUT2D eigenvalue weighted by Gasteiger charge is 2.16. The van der Waals surface area contributed by atoms with E-state index >= 15 is 0 Å². The third-order valence-electron chi connectivity index (χ3n) is 4.89. The number of nitrogens with zero attached hydrogens (tertiary/aromatic N) is 1. The van der Waals surface area contributed by atoms with E-state index < -0.39 is 0 Å². The first-order valence-corrected chi connectivity index (χ1v) is 9.64. The van der Waals surface area contributed by atoms with Crippen molar-refractivity contribution in [1.29, 1.82) is 0 Å². The van der Waals surface area contributed by atoms with Gasteiger partial charge in [0.1, 0.15) is 5.82 Å². The fraction of sp³-hybridized carbons (Fsp3) is 0.364. The molecule has 0 aliphatic carbocycles. The van der Waals surface area contributed by atoms with Crippen LogP contribution in [0.2, 0.25) is 0 Å². The Morgan fingerprint density at radius 1 is 1.14 bits per heavy atom. The minimum atomic E-state index is -0.348. The highest BCUT2D eigenvalue weighted by atomic mass is 19.1. The van der Waals surface area contributed by atoms with E-state index in [9.17, 15) is 14.0 Å². The summed E-state index contributed by atoms with van der Waals surface area (Å²) in [5.74, 6) is -0.832. The summed E-state index contributed by atoms with van der Waals surface area (Å²) in [6, 6.07) is 11.7. The molecule has 0 spiro atoms. The average Bonchev–Trinajstić information content (AvgIpc) is 3.18. The lowest BCUT2D eigenvalue weighted by molar-refractivity contribution is -0.116. The van der Waals surface area contributed by atoms with Crippen LogP contribution in [0.4, 0.5) is 15.8 Å². The van der Waals surface area contributed by atoms with Gasteiger partial charge in [0.2, 0.25) is 5.91 Å². The molecule has 0 radical (unpaired) electrons. The summed E-state index contributed by atoms with van der Waals surface area (Å²) in [6.07, 6.45) is 2.54. The SMILES string of the molecule is Cc1cc(C(=O)NC(C)CC(=O)Nc2cccc(N3CCCC3)c2)ccc1F. The van der Waals surface area contributed by atoms with Crippen molar-refractivity contribution >= 4 is 23.2 Å². The molecule has 1 saturated heterocycles. The molecule has 1 unspecified atom stereocenters. The van der Waals surface area contributed by atoms with E-state index in [0.29, 0.717) is 11.1 Å². The zero-order chi connectivity index (χ0) is 20.1. The van der Waals surface area contributed by atoms with Crippen LogP contribution in [-0.2, 0) is 4.79 Å². The third-order valence-corrected chi connectivity index (χ3v) is 4.89. The Hall–Kier alpha value is -2.89. The number of benzene rings is 2. The van der Waals surface area contributed by atoms with Crippen LogP contribution in [0, 0.1) is 12.7 Å². The molecule has 2 N–H and O–H groups in total. The van der Waals surface area contributed by atoms with Crippen LogP contribution < -0.4 is 15.5 Å². The topological polar surface area (TPSA) is 61.4 Å². The highest BCUT2D eigenvalue weighted by Crippen LogP contribution is 2.23. The van der Waals surface area contributed by atoms with E-state index in [-0.39, 0.29) is 30.1 Å². The highest BCUT2D eigenvalue weighted by molar-refractivity contribution is 5.96. The van der Waals surface area contributed by atoms with E-state index in [1.165, 1.54) is 31.0 Å². The number of hydrogen-bond acceptors (Lipinski definition) is 3. The zero-order valence-electron chi connectivity index (χ0n) is 16.3. The summed E-state index contributed by atoms with van der Waals surface area (Å²) < 4.78 is 13.3. The van der Waals surface area contributed by atoms with Crippen LogP contribution in [0.3, 0.4) is 0 Å². The summed E-state index contributed by atoms with van der Waals surface area (Å²) >= 11 is 0. The van der Waals surface area contributed by atoms with Crippen LogP contribution in [-0.4, -0.2) is 30.9 Å². The van der Waals surface area contributed by atoms with E-state index in [1.807, 2.05) is 18.2 Å². The molecule has 0 bridgehead atoms. The molecule has 2 aromatic carbocycles. The first-order chi connectivity index (χ1) is 13.4. The predicted molar refractivity (Wildman–Crippen MR) is 109 cm³/mol. The second-order valence-corrected chi connectivity index (χ2v) is 7.34. The first-order valence-electron chi connectivity index (χ1n) is 9.64. The fourth-order valence-electron chi connectivity index (χ4n) is 3.39. The molecule has 148 valence electrons. The largest absolute Gasteiger partial charge is 0.371 e. The van der Waals surface area contributed by atoms with Gasteiger partial charge in [-0.3, -0.25) is 9.59 Å². The Balaban J connectivity index is 1.53. The molecule has 1 aliphatic rings. The molecule has 28 heavy (non-hydrogen) atoms. The molecule has 0 saturated carbocycles. The van der Waals surface area contributed by atoms with Crippen LogP contribution in [0.5, 0.6) is 0 Å². The van der Waals surface area contributed by atoms with Crippen LogP contribution >= 0.6 is 0 Å². The number of nitrogens with one attached hydrogen (secondary N) is 2. The average molecular weight is 383 g/mol. The quantitative estimate of drug-likeness (QED) is 0.796. The van der Waals surface area contributed by atoms with Crippen molar-refractivity contribution in [2.45, 2.75) is 39.2 Å². The van der Waals surface area contributed by atoms with Gasteiger partial charge >= 0.3 is 0 Å². The molecule has 3 rings (SSSR count). The van der Waals surface area contributed by atoms with Crippen molar-refractivity contribution in [2.24, 2.45) is 0 Å². The molecule has 1 atom stereocenters. The Labute approximate surface area is 164 Å². The number of halogens is 1. The van der Waals surface area contributed by atoms with Gasteiger partial charge in [-0.15, -0.1) is 0 Å². The smallest absolute Gasteiger partial charge is 0.251 e. The molecule has 1 aliphatic heterocycles. The van der Waals surface area contributed by atoms with E-state index in [0.717, 1.165) is 24.5 Å². The monoisotopic (exact) mass is 383 g/mol. The van der Waals surface area contributed by atoms with Gasteiger partial charge in [-0.25, -0.2) is 4.39 Å². The maximum atomic E-state index is 13.3. The van der Waals surface area contributed by atoms with Crippen molar-refractivity contribution < 1.29 is 14.0 Å². The zero-order valence-corrected chi connectivity index (χ0v) is 16.3. The van der Waals surface area contributed by atoms with Gasteiger partial charge < -0.3 is 15.5 Å². The van der Waals surface area contributed by atoms with Crippen molar-refractivity contribution in [2.75, 3.05) is 23.3 Å². The maximum absolute atomic E-state index is 13.3. The molecule has 2 amide bonds. The number of rotatable bonds is 6. The van der Waals surface area contributed by atoms with Gasteiger partial charge in [0.05, 0.1) is 0 Å². The number of aryl methyl sites for hydroxylation is 1. The van der Waals surface area contributed by atoms with Gasteiger partial charge in [-0.05, 0) is 68.7 Å². The number of amides is 2. The van der Waals surface area contributed by atoms with Gasteiger partial charge in [0.25, 0.3) is 5.91 Å². The molecule has 2 aromatic rings. The van der Waals surface area contributed by atoms with E-state index in [2.05, 4.69) is 21.6 Å². The molecular formula is C22H26FN3O2. The summed E-state index contributed by atoms with van der Waals surface area (Å²) in [5, 5.41) is 5.69. The first kappa shape index (κ1) is 19.9. The van der Waals surface area contributed by atoms with Crippen LogP contribution in [0.25, 0.3) is 0 Å². The summed E-state index contributed by atoms with van der Waals surface area (Å²) in [4.78, 5) is 26.9. The summed E-state index contributed by atoms with van der Waals surface area (Å²) in [7, 11) is 0. The number of anilines is 2. The Morgan fingerprint density at radius 2 is 1.89 bits per heavy atom. The van der Waals surface area contributed by atoms with Crippen molar-refractivity contribution in [3.8, 4) is 0 Å². The normalized spacial score (nSPS) is 14.6. The molecule has 5 nitrogen and oxygen atoms in total. The fourth-order valence-corrected chi connectivity index (χ4v) is 3.39. The standard InChI is InChI=1S/C22H26FN3O2/c1-15-12-17(8-9-20(15)23)22(28)24-16(2)13-21(27)25-18-6-5-7-19(14-18)26-10-3-4-11-26/h5-9,12,14,16H,3-4,10-11,13H2,1-2H3,(H,24,28)(H,25,27). The lowest BCUT2D eigenvalue weighted by Gasteiger charge is -2.19. The minimum Gasteiger partial charge on any atom is -0.371 e. The third kappa shape index (κ3) is 5.09. The molecule has 1 heterocycles. The number of carbonyl (C=O) groups is 2. The van der Waals surface area contributed by atoms with Crippen molar-refractivity contribution in [3.63, 3.8) is 0 Å². The van der Waals surface area contributed by atoms with Crippen LogP contribution in [0.1, 0.15) is 42.1 Å². The number of hydrogen-bond donors (Lipinski definition) is 2.